The molecule has 1 fully saturated rings. The van der Waals surface area contributed by atoms with Crippen molar-refractivity contribution in [2.24, 2.45) is 5.92 Å². The highest BCUT2D eigenvalue weighted by Gasteiger charge is 2.43. The Kier molecular flexibility index (Phi) is 14.5. The van der Waals surface area contributed by atoms with E-state index in [-0.39, 0.29) is 31.4 Å². The fraction of sp³-hybridized carbons (Fsp3) is 0.472. The van der Waals surface area contributed by atoms with Gasteiger partial charge in [0.1, 0.15) is 18.7 Å². The number of Topliss-reactive ketones (excluding diaryl/α,β-unsaturated/α-hetero) is 1. The number of amides is 4. The van der Waals surface area contributed by atoms with Crippen LogP contribution in [0.2, 0.25) is 0 Å². The van der Waals surface area contributed by atoms with Gasteiger partial charge in [0.2, 0.25) is 17.6 Å². The molecule has 4 amide bonds. The monoisotopic (exact) mass is 632 g/mol. The molecule has 2 aromatic rings. The summed E-state index contributed by atoms with van der Waals surface area (Å²) in [6, 6.07) is 14.5. The number of ether oxygens (including phenoxy) is 1. The second-order valence-corrected chi connectivity index (χ2v) is 11.7. The van der Waals surface area contributed by atoms with E-state index in [2.05, 4.69) is 36.4 Å². The van der Waals surface area contributed by atoms with Crippen LogP contribution in [0.1, 0.15) is 69.6 Å². The first-order chi connectivity index (χ1) is 22.2. The molecule has 10 heteroatoms. The Bertz CT molecular complexity index is 1320. The van der Waals surface area contributed by atoms with Crippen molar-refractivity contribution in [3.8, 4) is 0 Å². The number of hydrogen-bond donors (Lipinski definition) is 3. The molecule has 10 nitrogen and oxygen atoms in total. The van der Waals surface area contributed by atoms with Crippen molar-refractivity contribution in [3.63, 3.8) is 0 Å². The molecular weight excluding hydrogens is 584 g/mol. The lowest BCUT2D eigenvalue weighted by Crippen LogP contribution is -2.58. The van der Waals surface area contributed by atoms with Gasteiger partial charge in [-0.2, -0.15) is 0 Å². The van der Waals surface area contributed by atoms with E-state index < -0.39 is 41.8 Å². The average Bonchev–Trinajstić information content (AvgIpc) is 3.73. The van der Waals surface area contributed by atoms with E-state index in [4.69, 9.17) is 4.74 Å². The van der Waals surface area contributed by atoms with E-state index >= 15 is 0 Å². The molecular formula is C36H48N4O6. The Morgan fingerprint density at radius 3 is 2.20 bits per heavy atom. The molecule has 0 spiro atoms. The maximum absolute atomic E-state index is 14.1. The summed E-state index contributed by atoms with van der Waals surface area (Å²) >= 11 is 0. The van der Waals surface area contributed by atoms with Crippen LogP contribution < -0.4 is 16.0 Å². The van der Waals surface area contributed by atoms with Gasteiger partial charge in [0.25, 0.3) is 5.91 Å². The summed E-state index contributed by atoms with van der Waals surface area (Å²) in [6.07, 6.45) is 5.05. The van der Waals surface area contributed by atoms with Crippen molar-refractivity contribution < 1.29 is 28.7 Å². The second kappa shape index (κ2) is 18.5. The summed E-state index contributed by atoms with van der Waals surface area (Å²) in [5.74, 6) is -2.61. The van der Waals surface area contributed by atoms with Crippen LogP contribution in [0.3, 0.4) is 0 Å². The fourth-order valence-electron chi connectivity index (χ4n) is 5.82. The van der Waals surface area contributed by atoms with Gasteiger partial charge in [-0.25, -0.2) is 4.79 Å². The summed E-state index contributed by atoms with van der Waals surface area (Å²) in [7, 11) is 0. The van der Waals surface area contributed by atoms with E-state index in [0.717, 1.165) is 16.7 Å². The Morgan fingerprint density at radius 1 is 0.957 bits per heavy atom. The third kappa shape index (κ3) is 10.0. The molecule has 2 aliphatic rings. The molecule has 2 aromatic carbocycles. The van der Waals surface area contributed by atoms with Crippen LogP contribution >= 0.6 is 0 Å². The largest absolute Gasteiger partial charge is 0.445 e. The molecule has 0 radical (unpaired) electrons. The van der Waals surface area contributed by atoms with Gasteiger partial charge in [-0.15, -0.1) is 6.58 Å². The smallest absolute Gasteiger partial charge is 0.408 e. The summed E-state index contributed by atoms with van der Waals surface area (Å²) in [6.45, 7) is 10.2. The predicted octanol–water partition coefficient (Wildman–Crippen LogP) is 4.26. The lowest BCUT2D eigenvalue weighted by Gasteiger charge is -2.32. The number of likely N-dealkylation sites (tertiary alicyclic amines) is 1. The third-order valence-electron chi connectivity index (χ3n) is 7.99. The van der Waals surface area contributed by atoms with Crippen molar-refractivity contribution in [2.45, 2.75) is 90.4 Å². The van der Waals surface area contributed by atoms with Crippen LogP contribution in [0.5, 0.6) is 0 Å². The average molecular weight is 633 g/mol. The van der Waals surface area contributed by atoms with Crippen molar-refractivity contribution in [3.05, 3.63) is 83.9 Å². The number of hydrogen-bond acceptors (Lipinski definition) is 6. The van der Waals surface area contributed by atoms with Gasteiger partial charge >= 0.3 is 6.09 Å². The van der Waals surface area contributed by atoms with Crippen LogP contribution in [-0.2, 0) is 43.4 Å². The number of carbonyl (C=O) groups excluding carboxylic acids is 5. The number of carbonyl (C=O) groups is 5. The summed E-state index contributed by atoms with van der Waals surface area (Å²) < 4.78 is 5.46. The first kappa shape index (κ1) is 36.0. The molecule has 248 valence electrons. The minimum Gasteiger partial charge on any atom is -0.445 e. The van der Waals surface area contributed by atoms with Gasteiger partial charge in [-0.05, 0) is 54.7 Å². The molecule has 1 unspecified atom stereocenters. The van der Waals surface area contributed by atoms with Crippen LogP contribution in [0.15, 0.2) is 67.3 Å². The quantitative estimate of drug-likeness (QED) is 0.223. The zero-order valence-electron chi connectivity index (χ0n) is 27.3. The molecule has 46 heavy (non-hydrogen) atoms. The molecule has 1 saturated heterocycles. The standard InChI is InChI=1S/C33H40N4O6.C3H8/c1-3-11-26(29(38)31(40)34-17-4-2)35-30(39)27-16-10-18-37(27)32(41)28(25-19-23-14-8-9-15-24(23)20-25)36-33(42)43-21-22-12-6-5-7-13-22;1-3-2/h4-9,12-15,25-28H,2-3,10-11,16-21H2,1H3,(H,34,40)(H,35,39)(H,36,42);3H2,1-2H3/t26?,27-,28-;/m0./s1. The molecule has 0 bridgehead atoms. The Morgan fingerprint density at radius 2 is 1.59 bits per heavy atom. The predicted molar refractivity (Wildman–Crippen MR) is 177 cm³/mol. The van der Waals surface area contributed by atoms with E-state index in [1.54, 1.807) is 0 Å². The molecule has 3 atom stereocenters. The molecule has 1 aliphatic heterocycles. The normalized spacial score (nSPS) is 16.6. The SMILES string of the molecule is C=CCNC(=O)C(=O)C(CCC)NC(=O)[C@@H]1CCCN1C(=O)[C@@H](NC(=O)OCc1ccccc1)C1Cc2ccccc2C1.CCC. The molecule has 1 heterocycles. The highest BCUT2D eigenvalue weighted by atomic mass is 16.5. The number of alkyl carbamates (subject to hydrolysis) is 1. The Balaban J connectivity index is 0.00000185. The lowest BCUT2D eigenvalue weighted by molar-refractivity contribution is -0.143. The number of nitrogens with one attached hydrogen (secondary N) is 3. The van der Waals surface area contributed by atoms with Crippen LogP contribution in [0.4, 0.5) is 4.79 Å². The molecule has 4 rings (SSSR count). The zero-order chi connectivity index (χ0) is 33.5. The van der Waals surface area contributed by atoms with Crippen molar-refractivity contribution in [1.82, 2.24) is 20.9 Å². The van der Waals surface area contributed by atoms with Gasteiger partial charge < -0.3 is 25.6 Å². The van der Waals surface area contributed by atoms with Gasteiger partial charge in [0.15, 0.2) is 0 Å². The van der Waals surface area contributed by atoms with Crippen molar-refractivity contribution in [1.29, 1.82) is 0 Å². The number of rotatable bonds is 13. The fourth-order valence-corrected chi connectivity index (χ4v) is 5.82. The number of nitrogens with zero attached hydrogens (tertiary/aromatic N) is 1. The topological polar surface area (TPSA) is 134 Å². The maximum atomic E-state index is 14.1. The highest BCUT2D eigenvalue weighted by molar-refractivity contribution is 6.38. The van der Waals surface area contributed by atoms with E-state index in [1.165, 1.54) is 17.4 Å². The first-order valence-electron chi connectivity index (χ1n) is 16.3. The van der Waals surface area contributed by atoms with E-state index in [0.29, 0.717) is 38.6 Å². The Labute approximate surface area is 272 Å². The van der Waals surface area contributed by atoms with Crippen LogP contribution in [0, 0.1) is 5.92 Å². The summed E-state index contributed by atoms with van der Waals surface area (Å²) in [5.41, 5.74) is 3.06. The van der Waals surface area contributed by atoms with Crippen molar-refractivity contribution >= 4 is 29.6 Å². The third-order valence-corrected chi connectivity index (χ3v) is 7.99. The zero-order valence-corrected chi connectivity index (χ0v) is 27.3. The van der Waals surface area contributed by atoms with Gasteiger partial charge in [-0.3, -0.25) is 19.2 Å². The number of ketones is 1. The van der Waals surface area contributed by atoms with E-state index in [9.17, 15) is 24.0 Å². The lowest BCUT2D eigenvalue weighted by atomic mass is 9.95. The summed E-state index contributed by atoms with van der Waals surface area (Å²) in [4.78, 5) is 67.1. The Hall–Kier alpha value is -4.47. The minimum atomic E-state index is -1.01. The molecule has 0 saturated carbocycles. The van der Waals surface area contributed by atoms with Gasteiger partial charge in [-0.1, -0.05) is 94.3 Å². The number of benzene rings is 2. The molecule has 0 aromatic heterocycles. The second-order valence-electron chi connectivity index (χ2n) is 11.7. The van der Waals surface area contributed by atoms with Gasteiger partial charge in [0.05, 0.1) is 6.04 Å². The van der Waals surface area contributed by atoms with Crippen LogP contribution in [0.25, 0.3) is 0 Å². The highest BCUT2D eigenvalue weighted by Crippen LogP contribution is 2.31. The van der Waals surface area contributed by atoms with Gasteiger partial charge in [0, 0.05) is 13.1 Å². The van der Waals surface area contributed by atoms with E-state index in [1.807, 2.05) is 61.5 Å². The summed E-state index contributed by atoms with van der Waals surface area (Å²) in [5, 5.41) is 8.00. The maximum Gasteiger partial charge on any atom is 0.408 e. The number of fused-ring (bicyclic) bond motifs is 1. The first-order valence-corrected chi connectivity index (χ1v) is 16.3. The van der Waals surface area contributed by atoms with Crippen LogP contribution in [-0.4, -0.2) is 65.7 Å². The van der Waals surface area contributed by atoms with Crippen molar-refractivity contribution in [2.75, 3.05) is 13.1 Å². The molecule has 3 N–H and O–H groups in total. The molecule has 1 aliphatic carbocycles. The minimum absolute atomic E-state index is 0.0560.